The van der Waals surface area contributed by atoms with Crippen LogP contribution in [0, 0.1) is 0 Å². The summed E-state index contributed by atoms with van der Waals surface area (Å²) in [4.78, 5) is 21.0. The number of anilines is 1. The van der Waals surface area contributed by atoms with Gasteiger partial charge in [-0.2, -0.15) is 23.4 Å². The molecule has 0 bridgehead atoms. The Morgan fingerprint density at radius 1 is 1.15 bits per heavy atom. The van der Waals surface area contributed by atoms with E-state index in [1.165, 1.54) is 36.7 Å². The topological polar surface area (TPSA) is 112 Å². The van der Waals surface area contributed by atoms with Gasteiger partial charge in [0.1, 0.15) is 0 Å². The Kier molecular flexibility index (Phi) is 4.95. The average Bonchev–Trinajstić information content (AvgIpc) is 3.15. The highest BCUT2D eigenvalue weighted by Crippen LogP contribution is 2.33. The number of halogens is 4. The monoisotopic (exact) mass is 397 g/mol. The second kappa shape index (κ2) is 7.19. The number of rotatable bonds is 4. The maximum atomic E-state index is 13.4. The van der Waals surface area contributed by atoms with Gasteiger partial charge in [0.25, 0.3) is 5.91 Å². The predicted octanol–water partition coefficient (Wildman–Crippen LogP) is 2.33. The predicted molar refractivity (Wildman–Crippen MR) is 89.1 cm³/mol. The molecular weight excluding hydrogens is 387 g/mol. The number of alkyl halides is 3. The zero-order valence-electron chi connectivity index (χ0n) is 13.4. The lowest BCUT2D eigenvalue weighted by molar-refractivity contribution is -0.155. The van der Waals surface area contributed by atoms with Crippen LogP contribution in [0.4, 0.5) is 19.0 Å². The van der Waals surface area contributed by atoms with Crippen molar-refractivity contribution >= 4 is 23.3 Å². The number of amides is 1. The number of hydrogen-bond acceptors (Lipinski definition) is 6. The largest absolute Gasteiger partial charge is 0.412 e. The van der Waals surface area contributed by atoms with Crippen LogP contribution < -0.4 is 11.1 Å². The summed E-state index contributed by atoms with van der Waals surface area (Å²) in [5.41, 5.74) is 4.99. The molecule has 27 heavy (non-hydrogen) atoms. The fourth-order valence-corrected chi connectivity index (χ4v) is 2.44. The van der Waals surface area contributed by atoms with Gasteiger partial charge in [-0.25, -0.2) is 9.97 Å². The van der Waals surface area contributed by atoms with Crippen molar-refractivity contribution in [1.29, 1.82) is 0 Å². The minimum atomic E-state index is -4.73. The Balaban J connectivity index is 1.92. The molecule has 1 atom stereocenters. The lowest BCUT2D eigenvalue weighted by Crippen LogP contribution is -2.39. The van der Waals surface area contributed by atoms with Gasteiger partial charge in [-0.15, -0.1) is 4.80 Å². The van der Waals surface area contributed by atoms with E-state index < -0.39 is 29.6 Å². The fourth-order valence-electron chi connectivity index (χ4n) is 2.24. The van der Waals surface area contributed by atoms with Crippen LogP contribution in [-0.4, -0.2) is 37.0 Å². The lowest BCUT2D eigenvalue weighted by Gasteiger charge is -2.22. The molecule has 0 saturated carbocycles. The summed E-state index contributed by atoms with van der Waals surface area (Å²) in [7, 11) is 0. The minimum Gasteiger partial charge on any atom is -0.382 e. The molecule has 8 nitrogen and oxygen atoms in total. The van der Waals surface area contributed by atoms with Gasteiger partial charge in [-0.3, -0.25) is 4.79 Å². The van der Waals surface area contributed by atoms with E-state index in [9.17, 15) is 18.0 Å². The normalized spacial score (nSPS) is 12.6. The van der Waals surface area contributed by atoms with Crippen LogP contribution in [-0.2, 0) is 0 Å². The molecule has 2 heterocycles. The summed E-state index contributed by atoms with van der Waals surface area (Å²) >= 11 is 5.95. The van der Waals surface area contributed by atoms with E-state index in [0.717, 1.165) is 4.80 Å². The van der Waals surface area contributed by atoms with Crippen LogP contribution in [0.1, 0.15) is 22.1 Å². The number of hydrogen-bond donors (Lipinski definition) is 2. The van der Waals surface area contributed by atoms with Gasteiger partial charge in [0.15, 0.2) is 22.7 Å². The standard InChI is InChI=1S/C15H11ClF3N7O/c16-11-13(26-21-6-7-22-26)25-12(20)9(23-11)14(27)24-10(15(17,18)19)8-4-2-1-3-5-8/h1-7,10H,(H2,20,25)(H,24,27). The second-order valence-electron chi connectivity index (χ2n) is 5.25. The molecule has 140 valence electrons. The molecule has 3 rings (SSSR count). The van der Waals surface area contributed by atoms with E-state index in [4.69, 9.17) is 17.3 Å². The van der Waals surface area contributed by atoms with Crippen molar-refractivity contribution in [2.24, 2.45) is 0 Å². The average molecular weight is 398 g/mol. The van der Waals surface area contributed by atoms with E-state index in [-0.39, 0.29) is 16.5 Å². The summed E-state index contributed by atoms with van der Waals surface area (Å²) in [6.45, 7) is 0. The molecule has 0 spiro atoms. The molecule has 3 N–H and O–H groups in total. The first-order valence-corrected chi connectivity index (χ1v) is 7.77. The van der Waals surface area contributed by atoms with Gasteiger partial charge in [0.05, 0.1) is 12.4 Å². The van der Waals surface area contributed by atoms with E-state index in [1.807, 2.05) is 5.32 Å². The Hall–Kier alpha value is -3.21. The van der Waals surface area contributed by atoms with Crippen LogP contribution >= 0.6 is 11.6 Å². The molecule has 0 aliphatic rings. The van der Waals surface area contributed by atoms with E-state index in [1.54, 1.807) is 6.07 Å². The number of aromatic nitrogens is 5. The first-order valence-electron chi connectivity index (χ1n) is 7.39. The number of nitrogens with zero attached hydrogens (tertiary/aromatic N) is 5. The van der Waals surface area contributed by atoms with Crippen molar-refractivity contribution in [2.75, 3.05) is 5.73 Å². The quantitative estimate of drug-likeness (QED) is 0.698. The van der Waals surface area contributed by atoms with E-state index in [2.05, 4.69) is 20.2 Å². The third kappa shape index (κ3) is 3.97. The summed E-state index contributed by atoms with van der Waals surface area (Å²) in [5.74, 6) is -1.66. The van der Waals surface area contributed by atoms with Crippen LogP contribution in [0.15, 0.2) is 42.7 Å². The Bertz CT molecular complexity index is 948. The first-order chi connectivity index (χ1) is 12.8. The summed E-state index contributed by atoms with van der Waals surface area (Å²) < 4.78 is 40.2. The van der Waals surface area contributed by atoms with Gasteiger partial charge < -0.3 is 11.1 Å². The second-order valence-corrected chi connectivity index (χ2v) is 5.61. The fraction of sp³-hybridized carbons (Fsp3) is 0.133. The Labute approximate surface area is 155 Å². The number of nitrogens with one attached hydrogen (secondary N) is 1. The molecule has 0 aliphatic heterocycles. The van der Waals surface area contributed by atoms with Gasteiger partial charge >= 0.3 is 6.18 Å². The van der Waals surface area contributed by atoms with Crippen LogP contribution in [0.3, 0.4) is 0 Å². The van der Waals surface area contributed by atoms with Gasteiger partial charge in [0, 0.05) is 0 Å². The third-order valence-electron chi connectivity index (χ3n) is 3.42. The Morgan fingerprint density at radius 2 is 1.78 bits per heavy atom. The molecule has 0 fully saturated rings. The molecule has 1 amide bonds. The van der Waals surface area contributed by atoms with E-state index >= 15 is 0 Å². The maximum Gasteiger partial charge on any atom is 0.412 e. The lowest BCUT2D eigenvalue weighted by atomic mass is 10.1. The highest BCUT2D eigenvalue weighted by atomic mass is 35.5. The molecule has 0 radical (unpaired) electrons. The van der Waals surface area contributed by atoms with Crippen molar-refractivity contribution < 1.29 is 18.0 Å². The SMILES string of the molecule is Nc1nc(-n2nccn2)c(Cl)nc1C(=O)NC(c1ccccc1)C(F)(F)F. The molecule has 3 aromatic rings. The third-order valence-corrected chi connectivity index (χ3v) is 3.68. The molecule has 1 unspecified atom stereocenters. The number of nitrogen functional groups attached to an aromatic ring is 1. The number of carbonyl (C=O) groups is 1. The molecule has 1 aromatic carbocycles. The smallest absolute Gasteiger partial charge is 0.382 e. The number of nitrogens with two attached hydrogens (primary N) is 1. The number of benzene rings is 1. The first kappa shape index (κ1) is 18.6. The van der Waals surface area contributed by atoms with Gasteiger partial charge in [-0.1, -0.05) is 41.9 Å². The van der Waals surface area contributed by atoms with Crippen molar-refractivity contribution in [3.8, 4) is 5.82 Å². The molecule has 2 aromatic heterocycles. The van der Waals surface area contributed by atoms with Crippen molar-refractivity contribution in [3.05, 3.63) is 59.1 Å². The molecule has 0 aliphatic carbocycles. The highest BCUT2D eigenvalue weighted by molar-refractivity contribution is 6.31. The van der Waals surface area contributed by atoms with Crippen LogP contribution in [0.2, 0.25) is 5.15 Å². The molecule has 12 heteroatoms. The van der Waals surface area contributed by atoms with Crippen molar-refractivity contribution in [1.82, 2.24) is 30.3 Å². The minimum absolute atomic E-state index is 0.0638. The summed E-state index contributed by atoms with van der Waals surface area (Å²) in [6, 6.07) is 4.65. The maximum absolute atomic E-state index is 13.4. The van der Waals surface area contributed by atoms with Gasteiger partial charge in [0.2, 0.25) is 5.82 Å². The van der Waals surface area contributed by atoms with Crippen LogP contribution in [0.5, 0.6) is 0 Å². The van der Waals surface area contributed by atoms with Crippen molar-refractivity contribution in [3.63, 3.8) is 0 Å². The van der Waals surface area contributed by atoms with Crippen LogP contribution in [0.25, 0.3) is 5.82 Å². The van der Waals surface area contributed by atoms with Gasteiger partial charge in [-0.05, 0) is 5.56 Å². The van der Waals surface area contributed by atoms with E-state index in [0.29, 0.717) is 0 Å². The zero-order valence-corrected chi connectivity index (χ0v) is 14.1. The zero-order chi connectivity index (χ0) is 19.6. The summed E-state index contributed by atoms with van der Waals surface area (Å²) in [5, 5.41) is 9.17. The number of carbonyl (C=O) groups excluding carboxylic acids is 1. The Morgan fingerprint density at radius 3 is 2.37 bits per heavy atom. The van der Waals surface area contributed by atoms with Crippen molar-refractivity contribution in [2.45, 2.75) is 12.2 Å². The summed E-state index contributed by atoms with van der Waals surface area (Å²) in [6.07, 6.45) is -2.03. The highest BCUT2D eigenvalue weighted by Gasteiger charge is 2.42. The molecular formula is C15H11ClF3N7O. The molecule has 0 saturated heterocycles.